The summed E-state index contributed by atoms with van der Waals surface area (Å²) in [6, 6.07) is 0.367. The van der Waals surface area contributed by atoms with E-state index in [1.165, 1.54) is 13.8 Å². The van der Waals surface area contributed by atoms with Gasteiger partial charge in [-0.2, -0.15) is 0 Å². The summed E-state index contributed by atoms with van der Waals surface area (Å²) in [7, 11) is 0. The van der Waals surface area contributed by atoms with Crippen molar-refractivity contribution >= 4 is 17.7 Å². The molecule has 5 nitrogen and oxygen atoms in total. The van der Waals surface area contributed by atoms with Gasteiger partial charge in [0.2, 0.25) is 0 Å². The van der Waals surface area contributed by atoms with Crippen molar-refractivity contribution in [3.63, 3.8) is 0 Å². The summed E-state index contributed by atoms with van der Waals surface area (Å²) >= 11 is 0. The van der Waals surface area contributed by atoms with Crippen LogP contribution < -0.4 is 10.6 Å². The van der Waals surface area contributed by atoms with Gasteiger partial charge in [0.05, 0.1) is 6.42 Å². The van der Waals surface area contributed by atoms with E-state index in [1.54, 1.807) is 0 Å². The van der Waals surface area contributed by atoms with Gasteiger partial charge < -0.3 is 15.7 Å². The van der Waals surface area contributed by atoms with Crippen LogP contribution in [0.15, 0.2) is 12.1 Å². The van der Waals surface area contributed by atoms with Gasteiger partial charge in [-0.05, 0) is 13.8 Å². The van der Waals surface area contributed by atoms with Gasteiger partial charge in [0.1, 0.15) is 0 Å². The summed E-state index contributed by atoms with van der Waals surface area (Å²) in [6.45, 7) is 2.93. The SMILES string of the molecule is CC(C)(CC(=O)O)NC(=O)Nc1cc(F)c(F)c(F)c1. The Hall–Kier alpha value is -2.25. The molecule has 1 aromatic carbocycles. The first-order valence-electron chi connectivity index (χ1n) is 5.56. The van der Waals surface area contributed by atoms with Gasteiger partial charge in [-0.1, -0.05) is 0 Å². The summed E-state index contributed by atoms with van der Waals surface area (Å²) in [6.07, 6.45) is -0.341. The van der Waals surface area contributed by atoms with Crippen molar-refractivity contribution in [3.8, 4) is 0 Å². The fourth-order valence-electron chi connectivity index (χ4n) is 1.52. The summed E-state index contributed by atoms with van der Waals surface area (Å²) in [5.74, 6) is -5.63. The normalized spacial score (nSPS) is 11.1. The second-order valence-electron chi connectivity index (χ2n) is 4.79. The van der Waals surface area contributed by atoms with Crippen LogP contribution in [0.1, 0.15) is 20.3 Å². The molecule has 0 spiro atoms. The van der Waals surface area contributed by atoms with Gasteiger partial charge in [0.25, 0.3) is 0 Å². The average molecular weight is 290 g/mol. The molecule has 0 fully saturated rings. The first-order valence-corrected chi connectivity index (χ1v) is 5.56. The van der Waals surface area contributed by atoms with Crippen molar-refractivity contribution in [1.82, 2.24) is 5.32 Å². The third kappa shape index (κ3) is 4.45. The van der Waals surface area contributed by atoms with E-state index in [0.29, 0.717) is 12.1 Å². The topological polar surface area (TPSA) is 78.4 Å². The predicted molar refractivity (Wildman–Crippen MR) is 64.8 cm³/mol. The largest absolute Gasteiger partial charge is 0.481 e. The molecule has 0 bridgehead atoms. The lowest BCUT2D eigenvalue weighted by atomic mass is 10.0. The molecule has 20 heavy (non-hydrogen) atoms. The van der Waals surface area contributed by atoms with Crippen molar-refractivity contribution < 1.29 is 27.9 Å². The standard InChI is InChI=1S/C12H13F3N2O3/c1-12(2,5-9(18)19)17-11(20)16-6-3-7(13)10(15)8(14)4-6/h3-4H,5H2,1-2H3,(H,18,19)(H2,16,17,20). The average Bonchev–Trinajstić information content (AvgIpc) is 2.22. The van der Waals surface area contributed by atoms with Crippen LogP contribution in [0.2, 0.25) is 0 Å². The van der Waals surface area contributed by atoms with E-state index in [0.717, 1.165) is 0 Å². The van der Waals surface area contributed by atoms with E-state index in [1.807, 2.05) is 0 Å². The Bertz CT molecular complexity index is 524. The van der Waals surface area contributed by atoms with Crippen LogP contribution in [0.25, 0.3) is 0 Å². The van der Waals surface area contributed by atoms with E-state index in [-0.39, 0.29) is 12.1 Å². The molecule has 0 aliphatic carbocycles. The van der Waals surface area contributed by atoms with Crippen LogP contribution in [-0.2, 0) is 4.79 Å². The Labute approximate surface area is 112 Å². The van der Waals surface area contributed by atoms with Gasteiger partial charge in [0.15, 0.2) is 17.5 Å². The Kier molecular flexibility index (Phi) is 4.59. The van der Waals surface area contributed by atoms with Crippen molar-refractivity contribution in [2.45, 2.75) is 25.8 Å². The van der Waals surface area contributed by atoms with Gasteiger partial charge in [-0.3, -0.25) is 4.79 Å². The molecule has 0 radical (unpaired) electrons. The minimum Gasteiger partial charge on any atom is -0.481 e. The van der Waals surface area contributed by atoms with E-state index in [4.69, 9.17) is 5.11 Å². The molecule has 0 saturated heterocycles. The predicted octanol–water partition coefficient (Wildman–Crippen LogP) is 2.48. The van der Waals surface area contributed by atoms with E-state index in [9.17, 15) is 22.8 Å². The fourth-order valence-corrected chi connectivity index (χ4v) is 1.52. The molecular weight excluding hydrogens is 277 g/mol. The zero-order chi connectivity index (χ0) is 15.5. The maximum Gasteiger partial charge on any atom is 0.319 e. The molecule has 0 aliphatic rings. The van der Waals surface area contributed by atoms with Crippen molar-refractivity contribution in [2.24, 2.45) is 0 Å². The Morgan fingerprint density at radius 2 is 1.70 bits per heavy atom. The Morgan fingerprint density at radius 3 is 2.15 bits per heavy atom. The molecule has 1 aromatic rings. The monoisotopic (exact) mass is 290 g/mol. The number of hydrogen-bond donors (Lipinski definition) is 3. The van der Waals surface area contributed by atoms with Crippen LogP contribution in [-0.4, -0.2) is 22.6 Å². The van der Waals surface area contributed by atoms with E-state index >= 15 is 0 Å². The molecule has 8 heteroatoms. The smallest absolute Gasteiger partial charge is 0.319 e. The van der Waals surface area contributed by atoms with Gasteiger partial charge in [-0.15, -0.1) is 0 Å². The minimum atomic E-state index is -1.64. The number of anilines is 1. The highest BCUT2D eigenvalue weighted by molar-refractivity contribution is 5.90. The highest BCUT2D eigenvalue weighted by Crippen LogP contribution is 2.17. The van der Waals surface area contributed by atoms with Gasteiger partial charge in [-0.25, -0.2) is 18.0 Å². The lowest BCUT2D eigenvalue weighted by Gasteiger charge is -2.24. The quantitative estimate of drug-likeness (QED) is 0.745. The molecule has 0 aliphatic heterocycles. The molecule has 0 aromatic heterocycles. The molecule has 3 N–H and O–H groups in total. The number of aliphatic carboxylic acids is 1. The fraction of sp³-hybridized carbons (Fsp3) is 0.333. The lowest BCUT2D eigenvalue weighted by molar-refractivity contribution is -0.138. The molecule has 0 saturated carbocycles. The number of carbonyl (C=O) groups is 2. The molecule has 1 rings (SSSR count). The molecule has 2 amide bonds. The second kappa shape index (κ2) is 5.81. The van der Waals surface area contributed by atoms with E-state index in [2.05, 4.69) is 10.6 Å². The molecule has 0 atom stereocenters. The van der Waals surface area contributed by atoms with Crippen molar-refractivity contribution in [3.05, 3.63) is 29.6 Å². The number of nitrogens with one attached hydrogen (secondary N) is 2. The summed E-state index contributed by atoms with van der Waals surface area (Å²) < 4.78 is 38.6. The number of carbonyl (C=O) groups excluding carboxylic acids is 1. The van der Waals surface area contributed by atoms with Gasteiger partial charge in [0, 0.05) is 23.4 Å². The molecule has 110 valence electrons. The number of halogens is 3. The number of amides is 2. The zero-order valence-electron chi connectivity index (χ0n) is 10.8. The maximum absolute atomic E-state index is 12.9. The summed E-state index contributed by atoms with van der Waals surface area (Å²) in [5.41, 5.74) is -1.35. The number of urea groups is 1. The van der Waals surface area contributed by atoms with Crippen molar-refractivity contribution in [1.29, 1.82) is 0 Å². The summed E-state index contributed by atoms with van der Waals surface area (Å²) in [5, 5.41) is 13.1. The van der Waals surface area contributed by atoms with Crippen LogP contribution in [0, 0.1) is 17.5 Å². The third-order valence-electron chi connectivity index (χ3n) is 2.29. The highest BCUT2D eigenvalue weighted by atomic mass is 19.2. The second-order valence-corrected chi connectivity index (χ2v) is 4.79. The Balaban J connectivity index is 2.74. The highest BCUT2D eigenvalue weighted by Gasteiger charge is 2.24. The first kappa shape index (κ1) is 15.8. The number of hydrogen-bond acceptors (Lipinski definition) is 2. The number of rotatable bonds is 4. The number of benzene rings is 1. The number of carboxylic acids is 1. The van der Waals surface area contributed by atoms with E-state index < -0.39 is 35.0 Å². The lowest BCUT2D eigenvalue weighted by Crippen LogP contribution is -2.46. The molecule has 0 unspecified atom stereocenters. The molecule has 0 heterocycles. The third-order valence-corrected chi connectivity index (χ3v) is 2.29. The maximum atomic E-state index is 12.9. The van der Waals surface area contributed by atoms with Crippen LogP contribution in [0.5, 0.6) is 0 Å². The minimum absolute atomic E-state index is 0.287. The molecular formula is C12H13F3N2O3. The van der Waals surface area contributed by atoms with Crippen molar-refractivity contribution in [2.75, 3.05) is 5.32 Å². The summed E-state index contributed by atoms with van der Waals surface area (Å²) in [4.78, 5) is 22.1. The van der Waals surface area contributed by atoms with Crippen LogP contribution in [0.4, 0.5) is 23.7 Å². The zero-order valence-corrected chi connectivity index (χ0v) is 10.8. The Morgan fingerprint density at radius 1 is 1.20 bits per heavy atom. The number of carboxylic acid groups (broad SMARTS) is 1. The van der Waals surface area contributed by atoms with Crippen LogP contribution >= 0.6 is 0 Å². The first-order chi connectivity index (χ1) is 9.10. The van der Waals surface area contributed by atoms with Crippen LogP contribution in [0.3, 0.4) is 0 Å². The van der Waals surface area contributed by atoms with Gasteiger partial charge >= 0.3 is 12.0 Å².